The first kappa shape index (κ1) is 19.3. The van der Waals surface area contributed by atoms with Crippen LogP contribution in [0.1, 0.15) is 10.4 Å². The van der Waals surface area contributed by atoms with Crippen molar-refractivity contribution in [2.45, 2.75) is 13.1 Å². The highest BCUT2D eigenvalue weighted by molar-refractivity contribution is 14.0. The largest absolute Gasteiger partial charge is 0.352 e. The molecule has 0 radical (unpaired) electrons. The maximum atomic E-state index is 13.5. The summed E-state index contributed by atoms with van der Waals surface area (Å²) in [5, 5.41) is 6.07. The van der Waals surface area contributed by atoms with Gasteiger partial charge >= 0.3 is 0 Å². The van der Waals surface area contributed by atoms with E-state index in [-0.39, 0.29) is 36.1 Å². The van der Waals surface area contributed by atoms with E-state index in [2.05, 4.69) is 31.6 Å². The maximum absolute atomic E-state index is 13.5. The number of benzene rings is 1. The zero-order valence-corrected chi connectivity index (χ0v) is 16.4. The van der Waals surface area contributed by atoms with E-state index in [1.54, 1.807) is 18.4 Å². The predicted octanol–water partition coefficient (Wildman–Crippen LogP) is 4.27. The van der Waals surface area contributed by atoms with Crippen molar-refractivity contribution in [3.8, 4) is 0 Å². The van der Waals surface area contributed by atoms with Gasteiger partial charge in [-0.25, -0.2) is 8.78 Å². The summed E-state index contributed by atoms with van der Waals surface area (Å²) >= 11 is 5.02. The number of nitrogens with one attached hydrogen (secondary N) is 2. The molecule has 0 saturated heterocycles. The van der Waals surface area contributed by atoms with Gasteiger partial charge in [0.15, 0.2) is 5.96 Å². The molecule has 0 amide bonds. The molecule has 1 aromatic heterocycles. The van der Waals surface area contributed by atoms with Crippen LogP contribution in [-0.4, -0.2) is 13.0 Å². The second-order valence-electron chi connectivity index (χ2n) is 4.22. The molecule has 0 spiro atoms. The molecule has 0 atom stereocenters. The molecular formula is C14H15BrF2IN3S. The summed E-state index contributed by atoms with van der Waals surface area (Å²) in [7, 11) is 1.63. The average molecular weight is 502 g/mol. The molecule has 1 aromatic carbocycles. The molecule has 2 rings (SSSR count). The Balaban J connectivity index is 0.00000242. The molecule has 1 heterocycles. The Hall–Kier alpha value is -0.740. The van der Waals surface area contributed by atoms with Crippen LogP contribution >= 0.6 is 51.2 Å². The summed E-state index contributed by atoms with van der Waals surface area (Å²) in [6.07, 6.45) is 0. The highest BCUT2D eigenvalue weighted by atomic mass is 127. The van der Waals surface area contributed by atoms with Gasteiger partial charge in [0.25, 0.3) is 0 Å². The first-order valence-corrected chi connectivity index (χ1v) is 7.82. The Morgan fingerprint density at radius 2 is 1.91 bits per heavy atom. The Morgan fingerprint density at radius 3 is 2.55 bits per heavy atom. The van der Waals surface area contributed by atoms with Gasteiger partial charge in [-0.15, -0.1) is 35.3 Å². The van der Waals surface area contributed by atoms with Gasteiger partial charge in [0, 0.05) is 24.0 Å². The van der Waals surface area contributed by atoms with Gasteiger partial charge in [0.2, 0.25) is 0 Å². The van der Waals surface area contributed by atoms with E-state index in [4.69, 9.17) is 0 Å². The highest BCUT2D eigenvalue weighted by Gasteiger charge is 2.05. The van der Waals surface area contributed by atoms with Crippen LogP contribution in [0.5, 0.6) is 0 Å². The van der Waals surface area contributed by atoms with Crippen LogP contribution in [-0.2, 0) is 13.1 Å². The van der Waals surface area contributed by atoms with Crippen LogP contribution in [0.25, 0.3) is 0 Å². The summed E-state index contributed by atoms with van der Waals surface area (Å²) in [5.41, 5.74) is 0.261. The number of thiophene rings is 1. The monoisotopic (exact) mass is 501 g/mol. The highest BCUT2D eigenvalue weighted by Crippen LogP contribution is 2.21. The minimum absolute atomic E-state index is 0. The molecule has 0 aliphatic heterocycles. The molecule has 0 aliphatic rings. The molecule has 120 valence electrons. The minimum atomic E-state index is -0.459. The number of aliphatic imine (C=N–C) groups is 1. The summed E-state index contributed by atoms with van der Waals surface area (Å²) in [6, 6.07) is 7.36. The summed E-state index contributed by atoms with van der Waals surface area (Å²) in [5.74, 6) is -0.371. The predicted molar refractivity (Wildman–Crippen MR) is 101 cm³/mol. The molecule has 2 N–H and O–H groups in total. The van der Waals surface area contributed by atoms with Crippen LogP contribution in [0.4, 0.5) is 8.78 Å². The van der Waals surface area contributed by atoms with Crippen molar-refractivity contribution in [3.05, 3.63) is 56.2 Å². The van der Waals surface area contributed by atoms with Crippen LogP contribution in [0.15, 0.2) is 39.1 Å². The Labute approximate surface area is 157 Å². The fourth-order valence-corrected chi connectivity index (χ4v) is 3.12. The molecule has 2 aromatic rings. The summed E-state index contributed by atoms with van der Waals surface area (Å²) in [4.78, 5) is 5.19. The standard InChI is InChI=1S/C14H14BrF2N3S.HI/c1-18-14(20-8-11-3-5-13(15)21-11)19-7-9-6-10(16)2-4-12(9)17;/h2-6H,7-8H2,1H3,(H2,18,19,20);1H. The van der Waals surface area contributed by atoms with Crippen molar-refractivity contribution in [1.29, 1.82) is 0 Å². The maximum Gasteiger partial charge on any atom is 0.191 e. The van der Waals surface area contributed by atoms with Crippen molar-refractivity contribution in [2.24, 2.45) is 4.99 Å². The Morgan fingerprint density at radius 1 is 1.18 bits per heavy atom. The molecule has 0 fully saturated rings. The number of halogens is 4. The van der Waals surface area contributed by atoms with Gasteiger partial charge in [0.05, 0.1) is 10.3 Å². The second kappa shape index (κ2) is 9.41. The third-order valence-electron chi connectivity index (χ3n) is 2.74. The van der Waals surface area contributed by atoms with E-state index in [1.807, 2.05) is 12.1 Å². The number of rotatable bonds is 4. The fraction of sp³-hybridized carbons (Fsp3) is 0.214. The van der Waals surface area contributed by atoms with Crippen LogP contribution < -0.4 is 10.6 Å². The van der Waals surface area contributed by atoms with Gasteiger partial charge in [-0.2, -0.15) is 0 Å². The zero-order chi connectivity index (χ0) is 15.2. The van der Waals surface area contributed by atoms with Gasteiger partial charge in [-0.05, 0) is 46.3 Å². The van der Waals surface area contributed by atoms with Crippen LogP contribution in [0, 0.1) is 11.6 Å². The van der Waals surface area contributed by atoms with Crippen LogP contribution in [0.3, 0.4) is 0 Å². The normalized spacial score (nSPS) is 11.0. The van der Waals surface area contributed by atoms with Crippen molar-refractivity contribution in [1.82, 2.24) is 10.6 Å². The quantitative estimate of drug-likeness (QED) is 0.373. The molecule has 0 unspecified atom stereocenters. The van der Waals surface area contributed by atoms with Crippen molar-refractivity contribution >= 4 is 57.2 Å². The third-order valence-corrected chi connectivity index (χ3v) is 4.36. The lowest BCUT2D eigenvalue weighted by molar-refractivity contribution is 0.581. The Kier molecular flexibility index (Phi) is 8.26. The average Bonchev–Trinajstić information content (AvgIpc) is 2.88. The number of nitrogens with zero attached hydrogens (tertiary/aromatic N) is 1. The molecular weight excluding hydrogens is 487 g/mol. The zero-order valence-electron chi connectivity index (χ0n) is 11.7. The van der Waals surface area contributed by atoms with Gasteiger partial charge < -0.3 is 10.6 Å². The lowest BCUT2D eigenvalue weighted by Crippen LogP contribution is -2.36. The van der Waals surface area contributed by atoms with Crippen molar-refractivity contribution in [2.75, 3.05) is 7.05 Å². The van der Waals surface area contributed by atoms with E-state index >= 15 is 0 Å². The topological polar surface area (TPSA) is 36.4 Å². The number of hydrogen-bond acceptors (Lipinski definition) is 2. The third kappa shape index (κ3) is 5.81. The smallest absolute Gasteiger partial charge is 0.191 e. The number of guanidine groups is 1. The molecule has 0 aliphatic carbocycles. The van der Waals surface area contributed by atoms with E-state index in [0.29, 0.717) is 12.5 Å². The van der Waals surface area contributed by atoms with Gasteiger partial charge in [-0.3, -0.25) is 4.99 Å². The van der Waals surface area contributed by atoms with Gasteiger partial charge in [-0.1, -0.05) is 0 Å². The molecule has 8 heteroatoms. The molecule has 0 saturated carbocycles. The molecule has 0 bridgehead atoms. The fourth-order valence-electron chi connectivity index (χ4n) is 1.70. The van der Waals surface area contributed by atoms with E-state index in [0.717, 1.165) is 20.8 Å². The van der Waals surface area contributed by atoms with Crippen molar-refractivity contribution in [3.63, 3.8) is 0 Å². The molecule has 22 heavy (non-hydrogen) atoms. The molecule has 3 nitrogen and oxygen atoms in total. The summed E-state index contributed by atoms with van der Waals surface area (Å²) in [6.45, 7) is 0.777. The van der Waals surface area contributed by atoms with E-state index in [1.165, 1.54) is 6.07 Å². The first-order valence-electron chi connectivity index (χ1n) is 6.21. The SMILES string of the molecule is CN=C(NCc1ccc(Br)s1)NCc1cc(F)ccc1F.I. The van der Waals surface area contributed by atoms with E-state index < -0.39 is 11.6 Å². The second-order valence-corrected chi connectivity index (χ2v) is 6.77. The lowest BCUT2D eigenvalue weighted by Gasteiger charge is -2.11. The number of hydrogen-bond donors (Lipinski definition) is 2. The van der Waals surface area contributed by atoms with Gasteiger partial charge in [0.1, 0.15) is 11.6 Å². The minimum Gasteiger partial charge on any atom is -0.352 e. The summed E-state index contributed by atoms with van der Waals surface area (Å²) < 4.78 is 27.6. The van der Waals surface area contributed by atoms with E-state index in [9.17, 15) is 8.78 Å². The van der Waals surface area contributed by atoms with Crippen molar-refractivity contribution < 1.29 is 8.78 Å². The Bertz CT molecular complexity index is 649. The lowest BCUT2D eigenvalue weighted by atomic mass is 10.2. The van der Waals surface area contributed by atoms with Crippen LogP contribution in [0.2, 0.25) is 0 Å². The first-order chi connectivity index (χ1) is 10.1.